The molecule has 0 saturated heterocycles. The summed E-state index contributed by atoms with van der Waals surface area (Å²) in [6.07, 6.45) is 0.258. The molecule has 0 radical (unpaired) electrons. The van der Waals surface area contributed by atoms with Gasteiger partial charge in [-0.05, 0) is 5.56 Å². The fourth-order valence-electron chi connectivity index (χ4n) is 2.56. The molecule has 5 heteroatoms. The second kappa shape index (κ2) is 6.60. The first-order chi connectivity index (χ1) is 10.0. The van der Waals surface area contributed by atoms with E-state index in [9.17, 15) is 4.79 Å². The summed E-state index contributed by atoms with van der Waals surface area (Å²) in [6.45, 7) is 2.22. The van der Waals surface area contributed by atoms with Gasteiger partial charge in [-0.25, -0.2) is 0 Å². The molecule has 0 N–H and O–H groups in total. The van der Waals surface area contributed by atoms with E-state index in [1.807, 2.05) is 37.3 Å². The highest BCUT2D eigenvalue weighted by atomic mass is 35.5. The van der Waals surface area contributed by atoms with E-state index in [-0.39, 0.29) is 28.9 Å². The fourth-order valence-corrected chi connectivity index (χ4v) is 2.85. The molecule has 1 aromatic carbocycles. The number of ether oxygens (including phenoxy) is 3. The molecular formula is C16H19ClO4. The van der Waals surface area contributed by atoms with Crippen LogP contribution < -0.4 is 0 Å². The van der Waals surface area contributed by atoms with Crippen LogP contribution in [-0.4, -0.2) is 25.8 Å². The van der Waals surface area contributed by atoms with Crippen molar-refractivity contribution in [1.29, 1.82) is 0 Å². The molecule has 2 rings (SSSR count). The molecule has 0 aromatic heterocycles. The van der Waals surface area contributed by atoms with Gasteiger partial charge in [0.05, 0.1) is 13.7 Å². The summed E-state index contributed by atoms with van der Waals surface area (Å²) in [7, 11) is 2.99. The summed E-state index contributed by atoms with van der Waals surface area (Å²) in [5, 5.41) is 0.0468. The Labute approximate surface area is 129 Å². The molecule has 4 nitrogen and oxygen atoms in total. The van der Waals surface area contributed by atoms with Crippen LogP contribution in [0.2, 0.25) is 0 Å². The first kappa shape index (κ1) is 16.0. The number of ketones is 1. The number of carbonyl (C=O) groups is 1. The Hall–Kier alpha value is -1.36. The first-order valence-electron chi connectivity index (χ1n) is 6.75. The number of carbonyl (C=O) groups excluding carboxylic acids is 1. The molecule has 0 spiro atoms. The van der Waals surface area contributed by atoms with Crippen molar-refractivity contribution in [3.63, 3.8) is 0 Å². The Bertz CT molecular complexity index is 540. The number of methoxy groups -OCH3 is 2. The number of rotatable bonds is 5. The van der Waals surface area contributed by atoms with E-state index in [0.717, 1.165) is 5.56 Å². The summed E-state index contributed by atoms with van der Waals surface area (Å²) in [4.78, 5) is 11.9. The average Bonchev–Trinajstić information content (AvgIpc) is 2.50. The standard InChI is InChI=1S/C16H19ClO4/c1-11-9-13(18)14(17)15(19-2)16(11,20-3)21-10-12-7-5-4-6-8-12/h4-8,11H,9-10H2,1-3H3. The molecule has 0 bridgehead atoms. The first-order valence-corrected chi connectivity index (χ1v) is 7.13. The van der Waals surface area contributed by atoms with E-state index in [1.54, 1.807) is 0 Å². The van der Waals surface area contributed by atoms with Crippen molar-refractivity contribution in [3.8, 4) is 0 Å². The lowest BCUT2D eigenvalue weighted by Crippen LogP contribution is -2.48. The molecule has 2 atom stereocenters. The molecule has 0 aliphatic heterocycles. The minimum Gasteiger partial charge on any atom is -0.494 e. The van der Waals surface area contributed by atoms with Crippen LogP contribution in [0.15, 0.2) is 41.1 Å². The molecule has 114 valence electrons. The minimum absolute atomic E-state index is 0.0468. The van der Waals surface area contributed by atoms with Crippen molar-refractivity contribution in [1.82, 2.24) is 0 Å². The third kappa shape index (κ3) is 2.98. The van der Waals surface area contributed by atoms with Gasteiger partial charge in [0.25, 0.3) is 0 Å². The molecule has 21 heavy (non-hydrogen) atoms. The predicted octanol–water partition coefficient (Wildman–Crippen LogP) is 3.25. The Morgan fingerprint density at radius 1 is 1.29 bits per heavy atom. The summed E-state index contributed by atoms with van der Waals surface area (Å²) in [6, 6.07) is 9.73. The number of hydrogen-bond acceptors (Lipinski definition) is 4. The van der Waals surface area contributed by atoms with Gasteiger partial charge in [0.1, 0.15) is 5.03 Å². The number of halogens is 1. The van der Waals surface area contributed by atoms with Crippen LogP contribution in [0.3, 0.4) is 0 Å². The lowest BCUT2D eigenvalue weighted by Gasteiger charge is -2.41. The maximum atomic E-state index is 11.9. The maximum absolute atomic E-state index is 11.9. The number of hydrogen-bond donors (Lipinski definition) is 0. The van der Waals surface area contributed by atoms with Gasteiger partial charge in [-0.15, -0.1) is 0 Å². The largest absolute Gasteiger partial charge is 0.494 e. The van der Waals surface area contributed by atoms with Crippen LogP contribution in [-0.2, 0) is 25.6 Å². The topological polar surface area (TPSA) is 44.8 Å². The van der Waals surface area contributed by atoms with Gasteiger partial charge in [0.2, 0.25) is 5.79 Å². The highest BCUT2D eigenvalue weighted by molar-refractivity contribution is 6.43. The smallest absolute Gasteiger partial charge is 0.232 e. The van der Waals surface area contributed by atoms with Crippen molar-refractivity contribution >= 4 is 17.4 Å². The Balaban J connectivity index is 2.31. The zero-order valence-corrected chi connectivity index (χ0v) is 13.1. The summed E-state index contributed by atoms with van der Waals surface area (Å²) in [5.41, 5.74) is 1.00. The Morgan fingerprint density at radius 2 is 1.95 bits per heavy atom. The van der Waals surface area contributed by atoms with Crippen molar-refractivity contribution in [2.75, 3.05) is 14.2 Å². The average molecular weight is 311 g/mol. The molecule has 0 saturated carbocycles. The Kier molecular flexibility index (Phi) is 5.04. The van der Waals surface area contributed by atoms with E-state index in [4.69, 9.17) is 25.8 Å². The quantitative estimate of drug-likeness (QED) is 0.783. The maximum Gasteiger partial charge on any atom is 0.232 e. The second-order valence-corrected chi connectivity index (χ2v) is 5.40. The van der Waals surface area contributed by atoms with Gasteiger partial charge in [-0.1, -0.05) is 48.9 Å². The molecule has 1 aliphatic carbocycles. The second-order valence-electron chi connectivity index (χ2n) is 5.02. The van der Waals surface area contributed by atoms with Gasteiger partial charge in [0, 0.05) is 19.4 Å². The van der Waals surface area contributed by atoms with Gasteiger partial charge < -0.3 is 14.2 Å². The van der Waals surface area contributed by atoms with Crippen molar-refractivity contribution in [2.24, 2.45) is 5.92 Å². The third-order valence-corrected chi connectivity index (χ3v) is 4.09. The summed E-state index contributed by atoms with van der Waals surface area (Å²) >= 11 is 6.09. The zero-order valence-electron chi connectivity index (χ0n) is 12.4. The minimum atomic E-state index is -1.14. The van der Waals surface area contributed by atoms with E-state index >= 15 is 0 Å². The van der Waals surface area contributed by atoms with Gasteiger partial charge >= 0.3 is 0 Å². The highest BCUT2D eigenvalue weighted by Crippen LogP contribution is 2.42. The zero-order chi connectivity index (χ0) is 15.5. The van der Waals surface area contributed by atoms with E-state index in [0.29, 0.717) is 6.61 Å². The predicted molar refractivity (Wildman–Crippen MR) is 79.6 cm³/mol. The normalized spacial score (nSPS) is 26.1. The fraction of sp³-hybridized carbons (Fsp3) is 0.438. The summed E-state index contributed by atoms with van der Waals surface area (Å²) < 4.78 is 16.9. The van der Waals surface area contributed by atoms with Crippen molar-refractivity contribution in [2.45, 2.75) is 25.7 Å². The van der Waals surface area contributed by atoms with Crippen molar-refractivity contribution < 1.29 is 19.0 Å². The van der Waals surface area contributed by atoms with Crippen molar-refractivity contribution in [3.05, 3.63) is 46.7 Å². The van der Waals surface area contributed by atoms with E-state index in [2.05, 4.69) is 0 Å². The molecule has 1 aliphatic rings. The third-order valence-electron chi connectivity index (χ3n) is 3.70. The molecular weight excluding hydrogens is 292 g/mol. The monoisotopic (exact) mass is 310 g/mol. The van der Waals surface area contributed by atoms with Crippen LogP contribution in [0.4, 0.5) is 0 Å². The molecule has 0 amide bonds. The van der Waals surface area contributed by atoms with E-state index in [1.165, 1.54) is 14.2 Å². The van der Waals surface area contributed by atoms with Gasteiger partial charge in [-0.2, -0.15) is 0 Å². The number of Topliss-reactive ketones (excluding diaryl/α,β-unsaturated/α-hetero) is 1. The van der Waals surface area contributed by atoms with Gasteiger partial charge in [-0.3, -0.25) is 4.79 Å². The molecule has 2 unspecified atom stereocenters. The molecule has 0 heterocycles. The molecule has 1 aromatic rings. The van der Waals surface area contributed by atoms with Crippen LogP contribution in [0.5, 0.6) is 0 Å². The highest BCUT2D eigenvalue weighted by Gasteiger charge is 2.49. The lowest BCUT2D eigenvalue weighted by molar-refractivity contribution is -0.253. The Morgan fingerprint density at radius 3 is 2.52 bits per heavy atom. The van der Waals surface area contributed by atoms with E-state index < -0.39 is 5.79 Å². The SMILES string of the molecule is COC1=C(Cl)C(=O)CC(C)C1(OC)OCc1ccccc1. The van der Waals surface area contributed by atoms with Crippen LogP contribution >= 0.6 is 11.6 Å². The van der Waals surface area contributed by atoms with Crippen LogP contribution in [0.1, 0.15) is 18.9 Å². The van der Waals surface area contributed by atoms with Gasteiger partial charge in [0.15, 0.2) is 11.5 Å². The molecule has 0 fully saturated rings. The van der Waals surface area contributed by atoms with Crippen LogP contribution in [0.25, 0.3) is 0 Å². The van der Waals surface area contributed by atoms with Crippen LogP contribution in [0, 0.1) is 5.92 Å². The summed E-state index contributed by atoms with van der Waals surface area (Å²) in [5.74, 6) is -1.25. The number of allylic oxidation sites excluding steroid dienone is 1. The number of benzene rings is 1. The lowest BCUT2D eigenvalue weighted by atomic mass is 9.87.